The van der Waals surface area contributed by atoms with Gasteiger partial charge in [-0.05, 0) is 97.9 Å². The molecule has 0 aliphatic carbocycles. The Morgan fingerprint density at radius 1 is 0.860 bits per heavy atom. The van der Waals surface area contributed by atoms with E-state index < -0.39 is 23.4 Å². The molecule has 2 saturated heterocycles. The van der Waals surface area contributed by atoms with E-state index >= 15 is 0 Å². The van der Waals surface area contributed by atoms with Crippen LogP contribution in [0.2, 0.25) is 0 Å². The van der Waals surface area contributed by atoms with Crippen LogP contribution >= 0.6 is 0 Å². The highest BCUT2D eigenvalue weighted by atomic mass is 19.4. The maximum atomic E-state index is 14.2. The molecule has 0 saturated carbocycles. The second-order valence-electron chi connectivity index (χ2n) is 11.3. The molecule has 2 aliphatic rings. The number of carbonyl (C=O) groups excluding carboxylic acids is 1. The fourth-order valence-electron chi connectivity index (χ4n) is 6.11. The number of hydrogen-bond acceptors (Lipinski definition) is 4. The predicted molar refractivity (Wildman–Crippen MR) is 156 cm³/mol. The Balaban J connectivity index is 1.34. The Labute approximate surface area is 246 Å². The summed E-state index contributed by atoms with van der Waals surface area (Å²) in [5.74, 6) is -1.15. The number of hydrogen-bond donors (Lipinski definition) is 1. The number of pyridine rings is 1. The van der Waals surface area contributed by atoms with E-state index in [1.54, 1.807) is 24.3 Å². The van der Waals surface area contributed by atoms with Crippen molar-refractivity contribution in [1.82, 2.24) is 14.8 Å². The topological polar surface area (TPSA) is 48.5 Å². The van der Waals surface area contributed by atoms with Crippen LogP contribution in [0.15, 0.2) is 66.7 Å². The smallest absolute Gasteiger partial charge is 0.366 e. The molecule has 1 aromatic heterocycles. The van der Waals surface area contributed by atoms with E-state index in [2.05, 4.69) is 15.2 Å². The lowest BCUT2D eigenvalue weighted by atomic mass is 9.99. The highest BCUT2D eigenvalue weighted by Gasteiger charge is 2.33. The van der Waals surface area contributed by atoms with Gasteiger partial charge in [0.05, 0.1) is 16.6 Å². The first-order chi connectivity index (χ1) is 20.6. The van der Waals surface area contributed by atoms with Gasteiger partial charge in [-0.25, -0.2) is 13.8 Å². The minimum Gasteiger partial charge on any atom is -0.366 e. The van der Waals surface area contributed by atoms with Crippen molar-refractivity contribution in [3.8, 4) is 11.1 Å². The molecule has 3 heterocycles. The molecule has 3 aromatic carbocycles. The average Bonchev–Trinajstić information content (AvgIpc) is 3.67. The molecule has 1 N–H and O–H groups in total. The lowest BCUT2D eigenvalue weighted by Crippen LogP contribution is -2.42. The maximum Gasteiger partial charge on any atom is 0.416 e. The molecule has 4 aromatic rings. The summed E-state index contributed by atoms with van der Waals surface area (Å²) in [7, 11) is 0. The van der Waals surface area contributed by atoms with Crippen molar-refractivity contribution in [1.29, 1.82) is 0 Å². The van der Waals surface area contributed by atoms with Crippen LogP contribution in [0.4, 0.5) is 27.8 Å². The van der Waals surface area contributed by atoms with Crippen molar-refractivity contribution in [2.45, 2.75) is 44.4 Å². The van der Waals surface area contributed by atoms with Gasteiger partial charge < -0.3 is 15.1 Å². The number of rotatable bonds is 7. The number of aromatic nitrogens is 1. The second kappa shape index (κ2) is 11.9. The van der Waals surface area contributed by atoms with E-state index in [9.17, 15) is 26.7 Å². The summed E-state index contributed by atoms with van der Waals surface area (Å²) < 4.78 is 67.0. The molecule has 1 amide bonds. The van der Waals surface area contributed by atoms with Crippen LogP contribution in [0.1, 0.15) is 47.2 Å². The summed E-state index contributed by atoms with van der Waals surface area (Å²) in [6.07, 6.45) is -0.280. The van der Waals surface area contributed by atoms with Crippen LogP contribution in [-0.2, 0) is 12.7 Å². The molecule has 5 nitrogen and oxygen atoms in total. The predicted octanol–water partition coefficient (Wildman–Crippen LogP) is 7.51. The number of benzene rings is 3. The van der Waals surface area contributed by atoms with E-state index in [1.165, 1.54) is 24.3 Å². The fourth-order valence-corrected chi connectivity index (χ4v) is 6.11. The first kappa shape index (κ1) is 29.0. The van der Waals surface area contributed by atoms with Crippen LogP contribution in [0.25, 0.3) is 22.0 Å². The molecule has 224 valence electrons. The molecule has 10 heteroatoms. The Kier molecular flexibility index (Phi) is 8.05. The molecule has 0 spiro atoms. The SMILES string of the molecule is O=C(c1cc(NCc2ccc(C(F)(F)F)cc2)nc2ccc(-c3cc(F)cc(F)c3)cc12)N1CCC[C@H]1CN1CCCC1. The highest BCUT2D eigenvalue weighted by Crippen LogP contribution is 2.32. The van der Waals surface area contributed by atoms with E-state index in [4.69, 9.17) is 0 Å². The summed E-state index contributed by atoms with van der Waals surface area (Å²) >= 11 is 0. The Bertz CT molecular complexity index is 1610. The number of halogens is 5. The Morgan fingerprint density at radius 2 is 1.58 bits per heavy atom. The molecule has 0 bridgehead atoms. The number of alkyl halides is 3. The number of carbonyl (C=O) groups is 1. The molecule has 0 radical (unpaired) electrons. The van der Waals surface area contributed by atoms with Crippen LogP contribution < -0.4 is 5.32 Å². The van der Waals surface area contributed by atoms with Crippen LogP contribution in [0, 0.1) is 11.6 Å². The number of nitrogens with zero attached hydrogens (tertiary/aromatic N) is 3. The molecule has 0 unspecified atom stereocenters. The van der Waals surface area contributed by atoms with Gasteiger partial charge >= 0.3 is 6.18 Å². The maximum absolute atomic E-state index is 14.2. The second-order valence-corrected chi connectivity index (χ2v) is 11.3. The first-order valence-corrected chi connectivity index (χ1v) is 14.5. The first-order valence-electron chi connectivity index (χ1n) is 14.5. The minimum atomic E-state index is -4.42. The van der Waals surface area contributed by atoms with Gasteiger partial charge in [0, 0.05) is 37.1 Å². The van der Waals surface area contributed by atoms with Crippen LogP contribution in [0.5, 0.6) is 0 Å². The molecule has 2 aliphatic heterocycles. The Morgan fingerprint density at radius 3 is 2.28 bits per heavy atom. The van der Waals surface area contributed by atoms with Crippen molar-refractivity contribution in [2.24, 2.45) is 0 Å². The fraction of sp³-hybridized carbons (Fsp3) is 0.333. The zero-order valence-corrected chi connectivity index (χ0v) is 23.4. The van der Waals surface area contributed by atoms with Crippen molar-refractivity contribution < 1.29 is 26.7 Å². The van der Waals surface area contributed by atoms with Gasteiger partial charge in [-0.3, -0.25) is 4.79 Å². The molecule has 6 rings (SSSR count). The van der Waals surface area contributed by atoms with Crippen LogP contribution in [-0.4, -0.2) is 52.9 Å². The Hall–Kier alpha value is -4.05. The lowest BCUT2D eigenvalue weighted by Gasteiger charge is -2.29. The third kappa shape index (κ3) is 6.49. The summed E-state index contributed by atoms with van der Waals surface area (Å²) in [6.45, 7) is 3.71. The summed E-state index contributed by atoms with van der Waals surface area (Å²) in [6, 6.07) is 15.0. The quantitative estimate of drug-likeness (QED) is 0.225. The van der Waals surface area contributed by atoms with Gasteiger partial charge in [-0.15, -0.1) is 0 Å². The van der Waals surface area contributed by atoms with Gasteiger partial charge in [0.25, 0.3) is 5.91 Å². The van der Waals surface area contributed by atoms with E-state index in [1.807, 2.05) is 4.90 Å². The molecule has 2 fully saturated rings. The summed E-state index contributed by atoms with van der Waals surface area (Å²) in [5, 5.41) is 3.71. The zero-order chi connectivity index (χ0) is 30.1. The summed E-state index contributed by atoms with van der Waals surface area (Å²) in [5.41, 5.74) is 1.70. The molecular formula is C33H31F5N4O. The number of fused-ring (bicyclic) bond motifs is 1. The van der Waals surface area contributed by atoms with Gasteiger partial charge in [0.15, 0.2) is 0 Å². The van der Waals surface area contributed by atoms with Crippen LogP contribution in [0.3, 0.4) is 0 Å². The standard InChI is InChI=1S/C33H31F5N4O/c34-25-14-23(15-26(35)17-25)22-7-10-30-28(16-22)29(32(43)42-13-3-4-27(42)20-41-11-1-2-12-41)18-31(40-30)39-19-21-5-8-24(9-6-21)33(36,37)38/h5-10,14-18,27H,1-4,11-13,19-20H2,(H,39,40)/t27-/m0/s1. The number of nitrogens with one attached hydrogen (secondary N) is 1. The molecule has 1 atom stereocenters. The van der Waals surface area contributed by atoms with Crippen molar-refractivity contribution in [3.05, 3.63) is 95.1 Å². The van der Waals surface area contributed by atoms with E-state index in [-0.39, 0.29) is 18.5 Å². The third-order valence-electron chi connectivity index (χ3n) is 8.30. The van der Waals surface area contributed by atoms with Crippen molar-refractivity contribution in [2.75, 3.05) is 31.5 Å². The van der Waals surface area contributed by atoms with E-state index in [0.29, 0.717) is 45.5 Å². The average molecular weight is 595 g/mol. The summed E-state index contributed by atoms with van der Waals surface area (Å²) in [4.78, 5) is 23.2. The lowest BCUT2D eigenvalue weighted by molar-refractivity contribution is -0.137. The molecular weight excluding hydrogens is 563 g/mol. The van der Waals surface area contributed by atoms with Gasteiger partial charge in [-0.2, -0.15) is 13.2 Å². The monoisotopic (exact) mass is 594 g/mol. The number of amides is 1. The molecule has 43 heavy (non-hydrogen) atoms. The van der Waals surface area contributed by atoms with Gasteiger partial charge in [0.1, 0.15) is 17.5 Å². The minimum absolute atomic E-state index is 0.0814. The van der Waals surface area contributed by atoms with Gasteiger partial charge in [-0.1, -0.05) is 18.2 Å². The zero-order valence-electron chi connectivity index (χ0n) is 23.4. The third-order valence-corrected chi connectivity index (χ3v) is 8.30. The number of anilines is 1. The normalized spacial score (nSPS) is 17.6. The van der Waals surface area contributed by atoms with Crippen molar-refractivity contribution >= 4 is 22.6 Å². The number of likely N-dealkylation sites (tertiary alicyclic amines) is 2. The van der Waals surface area contributed by atoms with Crippen molar-refractivity contribution in [3.63, 3.8) is 0 Å². The largest absolute Gasteiger partial charge is 0.416 e. The van der Waals surface area contributed by atoms with Gasteiger partial charge in [0.2, 0.25) is 0 Å². The highest BCUT2D eigenvalue weighted by molar-refractivity contribution is 6.08. The van der Waals surface area contributed by atoms with E-state index in [0.717, 1.165) is 63.5 Å².